The van der Waals surface area contributed by atoms with E-state index >= 15 is 0 Å². The first kappa shape index (κ1) is 7.93. The van der Waals surface area contributed by atoms with Crippen molar-refractivity contribution in [3.05, 3.63) is 0 Å². The smallest absolute Gasteiger partial charge is 0.0635 e. The van der Waals surface area contributed by atoms with Crippen molar-refractivity contribution in [2.75, 3.05) is 39.4 Å². The fraction of sp³-hybridized carbons (Fsp3) is 1.00. The van der Waals surface area contributed by atoms with Crippen molar-refractivity contribution < 1.29 is 4.74 Å². The zero-order valence-corrected chi connectivity index (χ0v) is 7.85. The molecule has 11 heavy (non-hydrogen) atoms. The third-order valence-corrected chi connectivity index (χ3v) is 2.94. The van der Waals surface area contributed by atoms with Crippen LogP contribution in [0.3, 0.4) is 0 Å². The lowest BCUT2D eigenvalue weighted by molar-refractivity contribution is -0.0292. The van der Waals surface area contributed by atoms with Crippen molar-refractivity contribution in [2.24, 2.45) is 0 Å². The SMILES string of the molecule is PN1CCN2CCOCC2C1. The molecule has 0 aliphatic carbocycles. The minimum absolute atomic E-state index is 0.648. The van der Waals surface area contributed by atoms with Crippen LogP contribution in [0.25, 0.3) is 0 Å². The maximum Gasteiger partial charge on any atom is 0.0635 e. The van der Waals surface area contributed by atoms with Gasteiger partial charge in [0.2, 0.25) is 0 Å². The molecule has 2 aliphatic rings. The number of ether oxygens (including phenoxy) is 1. The van der Waals surface area contributed by atoms with Crippen molar-refractivity contribution in [3.8, 4) is 0 Å². The van der Waals surface area contributed by atoms with Crippen molar-refractivity contribution >= 4 is 9.39 Å². The Hall–Kier alpha value is 0.310. The Bertz CT molecular complexity index is 144. The first-order valence-electron chi connectivity index (χ1n) is 4.18. The van der Waals surface area contributed by atoms with Gasteiger partial charge >= 0.3 is 0 Å². The predicted molar refractivity (Wildman–Crippen MR) is 47.5 cm³/mol. The number of hydrogen-bond acceptors (Lipinski definition) is 3. The van der Waals surface area contributed by atoms with Crippen molar-refractivity contribution in [2.45, 2.75) is 6.04 Å². The fourth-order valence-electron chi connectivity index (χ4n) is 1.77. The van der Waals surface area contributed by atoms with Crippen molar-refractivity contribution in [3.63, 3.8) is 0 Å². The Balaban J connectivity index is 1.93. The Morgan fingerprint density at radius 3 is 3.09 bits per heavy atom. The first-order valence-corrected chi connectivity index (χ1v) is 4.69. The lowest BCUT2D eigenvalue weighted by Crippen LogP contribution is -2.55. The lowest BCUT2D eigenvalue weighted by atomic mass is 10.2. The summed E-state index contributed by atoms with van der Waals surface area (Å²) >= 11 is 0. The van der Waals surface area contributed by atoms with Gasteiger partial charge in [0, 0.05) is 32.2 Å². The summed E-state index contributed by atoms with van der Waals surface area (Å²) in [5.74, 6) is 0. The second-order valence-electron chi connectivity index (χ2n) is 3.26. The van der Waals surface area contributed by atoms with Crippen LogP contribution in [0, 0.1) is 0 Å². The highest BCUT2D eigenvalue weighted by atomic mass is 31.0. The summed E-state index contributed by atoms with van der Waals surface area (Å²) in [6, 6.07) is 0.648. The molecule has 2 aliphatic heterocycles. The van der Waals surface area contributed by atoms with Crippen LogP contribution < -0.4 is 0 Å². The van der Waals surface area contributed by atoms with Crippen molar-refractivity contribution in [1.82, 2.24) is 9.57 Å². The molecule has 0 saturated carbocycles. The molecule has 0 N–H and O–H groups in total. The fourth-order valence-corrected chi connectivity index (χ4v) is 2.13. The standard InChI is InChI=1S/C7H15N2OP/c11-9-2-1-8-3-4-10-6-7(8)5-9/h7H,1-6,11H2. The number of rotatable bonds is 0. The number of morpholine rings is 1. The molecule has 2 unspecified atom stereocenters. The summed E-state index contributed by atoms with van der Waals surface area (Å²) in [7, 11) is 2.77. The van der Waals surface area contributed by atoms with E-state index in [1.54, 1.807) is 0 Å². The van der Waals surface area contributed by atoms with Gasteiger partial charge in [-0.05, 0) is 0 Å². The van der Waals surface area contributed by atoms with Gasteiger partial charge in [-0.3, -0.25) is 9.57 Å². The van der Waals surface area contributed by atoms with E-state index in [2.05, 4.69) is 19.0 Å². The summed E-state index contributed by atoms with van der Waals surface area (Å²) in [5.41, 5.74) is 0. The van der Waals surface area contributed by atoms with Gasteiger partial charge in [0.1, 0.15) is 0 Å². The minimum atomic E-state index is 0.648. The number of nitrogens with zero attached hydrogens (tertiary/aromatic N) is 2. The molecule has 0 radical (unpaired) electrons. The van der Waals surface area contributed by atoms with Crippen LogP contribution in [0.5, 0.6) is 0 Å². The predicted octanol–water partition coefficient (Wildman–Crippen LogP) is -0.207. The topological polar surface area (TPSA) is 15.7 Å². The molecule has 0 aromatic rings. The molecule has 0 aromatic heterocycles. The third kappa shape index (κ3) is 1.73. The van der Waals surface area contributed by atoms with Crippen LogP contribution in [0.15, 0.2) is 0 Å². The summed E-state index contributed by atoms with van der Waals surface area (Å²) in [5, 5.41) is 0. The summed E-state index contributed by atoms with van der Waals surface area (Å²) in [6.07, 6.45) is 0. The molecule has 2 heterocycles. The van der Waals surface area contributed by atoms with Gasteiger partial charge < -0.3 is 4.74 Å². The maximum atomic E-state index is 5.41. The molecule has 0 amide bonds. The molecule has 2 saturated heterocycles. The average molecular weight is 174 g/mol. The van der Waals surface area contributed by atoms with E-state index < -0.39 is 0 Å². The highest BCUT2D eigenvalue weighted by Gasteiger charge is 2.27. The average Bonchev–Trinajstić information content (AvgIpc) is 2.04. The second kappa shape index (κ2) is 3.36. The maximum absolute atomic E-state index is 5.41. The number of piperazine rings is 1. The largest absolute Gasteiger partial charge is 0.378 e. The Morgan fingerprint density at radius 1 is 1.27 bits per heavy atom. The molecular weight excluding hydrogens is 159 g/mol. The van der Waals surface area contributed by atoms with Crippen molar-refractivity contribution in [1.29, 1.82) is 0 Å². The van der Waals surface area contributed by atoms with Crippen LogP contribution in [0.1, 0.15) is 0 Å². The van der Waals surface area contributed by atoms with Gasteiger partial charge in [0.25, 0.3) is 0 Å². The third-order valence-electron chi connectivity index (χ3n) is 2.47. The van der Waals surface area contributed by atoms with Crippen LogP contribution in [-0.2, 0) is 4.74 Å². The summed E-state index contributed by atoms with van der Waals surface area (Å²) in [6.45, 7) is 6.50. The monoisotopic (exact) mass is 174 g/mol. The van der Waals surface area contributed by atoms with Gasteiger partial charge in [-0.2, -0.15) is 0 Å². The van der Waals surface area contributed by atoms with Crippen LogP contribution in [0.2, 0.25) is 0 Å². The number of fused-ring (bicyclic) bond motifs is 1. The van der Waals surface area contributed by atoms with E-state index in [0.717, 1.165) is 26.3 Å². The number of hydrogen-bond donors (Lipinski definition) is 0. The molecule has 0 bridgehead atoms. The van der Waals surface area contributed by atoms with Crippen LogP contribution in [0.4, 0.5) is 0 Å². The van der Waals surface area contributed by atoms with Gasteiger partial charge in [0.05, 0.1) is 13.2 Å². The molecular formula is C7H15N2OP. The zero-order chi connectivity index (χ0) is 7.68. The van der Waals surface area contributed by atoms with Crippen LogP contribution >= 0.6 is 9.39 Å². The summed E-state index contributed by atoms with van der Waals surface area (Å²) < 4.78 is 7.71. The highest BCUT2D eigenvalue weighted by Crippen LogP contribution is 2.15. The molecule has 3 nitrogen and oxygen atoms in total. The van der Waals surface area contributed by atoms with E-state index in [-0.39, 0.29) is 0 Å². The first-order chi connectivity index (χ1) is 5.36. The van der Waals surface area contributed by atoms with E-state index in [1.807, 2.05) is 0 Å². The van der Waals surface area contributed by atoms with Gasteiger partial charge in [-0.25, -0.2) is 0 Å². The highest BCUT2D eigenvalue weighted by molar-refractivity contribution is 7.13. The molecule has 2 fully saturated rings. The van der Waals surface area contributed by atoms with E-state index in [0.29, 0.717) is 6.04 Å². The van der Waals surface area contributed by atoms with E-state index in [1.165, 1.54) is 13.1 Å². The minimum Gasteiger partial charge on any atom is -0.378 e. The molecule has 4 heteroatoms. The second-order valence-corrected chi connectivity index (χ2v) is 3.99. The lowest BCUT2D eigenvalue weighted by Gasteiger charge is -2.42. The Labute approximate surface area is 69.9 Å². The normalized spacial score (nSPS) is 35.2. The van der Waals surface area contributed by atoms with Gasteiger partial charge in [-0.15, -0.1) is 0 Å². The molecule has 64 valence electrons. The van der Waals surface area contributed by atoms with Crippen LogP contribution in [-0.4, -0.2) is 55.0 Å². The summed E-state index contributed by atoms with van der Waals surface area (Å²) in [4.78, 5) is 2.53. The van der Waals surface area contributed by atoms with E-state index in [9.17, 15) is 0 Å². The van der Waals surface area contributed by atoms with Gasteiger partial charge in [-0.1, -0.05) is 9.39 Å². The molecule has 2 rings (SSSR count). The van der Waals surface area contributed by atoms with Gasteiger partial charge in [0.15, 0.2) is 0 Å². The zero-order valence-electron chi connectivity index (χ0n) is 6.70. The molecule has 0 spiro atoms. The van der Waals surface area contributed by atoms with E-state index in [4.69, 9.17) is 4.74 Å². The molecule has 2 atom stereocenters. The Morgan fingerprint density at radius 2 is 2.18 bits per heavy atom. The Kier molecular flexibility index (Phi) is 2.42. The molecule has 0 aromatic carbocycles. The quantitative estimate of drug-likeness (QED) is 0.473.